The van der Waals surface area contributed by atoms with E-state index in [0.717, 1.165) is 35.1 Å². The molecule has 1 aliphatic heterocycles. The lowest BCUT2D eigenvalue weighted by molar-refractivity contribution is -0.138. The number of carbonyl (C=O) groups excluding carboxylic acids is 2. The molecule has 2 fully saturated rings. The number of hydrogen-bond donors (Lipinski definition) is 3. The lowest BCUT2D eigenvalue weighted by Gasteiger charge is -2.29. The molecule has 2 amide bonds. The van der Waals surface area contributed by atoms with Crippen LogP contribution in [0.25, 0.3) is 11.1 Å². The minimum absolute atomic E-state index is 0.0590. The topological polar surface area (TPSA) is 114 Å². The second-order valence-corrected chi connectivity index (χ2v) is 9.78. The monoisotopic (exact) mass is 478 g/mol. The van der Waals surface area contributed by atoms with Crippen molar-refractivity contribution in [2.75, 3.05) is 19.8 Å². The Balaban J connectivity index is 1.21. The molecule has 0 bridgehead atoms. The van der Waals surface area contributed by atoms with Crippen LogP contribution in [0.3, 0.4) is 0 Å². The standard InChI is InChI=1S/C27H30N2O6/c30-24(31)14-17-9-10-18(13-17)28-25(32)27(11-12-34-16-27)29-26(33)35-15-23-21-7-3-1-5-19(21)20-6-2-4-8-22(20)23/h1-8,17-18,23H,9-16H2,(H,28,32)(H,29,33)(H,30,31). The van der Waals surface area contributed by atoms with Gasteiger partial charge < -0.3 is 25.2 Å². The molecule has 184 valence electrons. The van der Waals surface area contributed by atoms with Crippen LogP contribution < -0.4 is 10.6 Å². The molecule has 1 saturated carbocycles. The zero-order valence-electron chi connectivity index (χ0n) is 19.5. The summed E-state index contributed by atoms with van der Waals surface area (Å²) in [6, 6.07) is 16.1. The third kappa shape index (κ3) is 4.75. The number of nitrogens with one attached hydrogen (secondary N) is 2. The van der Waals surface area contributed by atoms with Gasteiger partial charge in [-0.05, 0) is 47.4 Å². The molecule has 0 aromatic heterocycles. The van der Waals surface area contributed by atoms with Gasteiger partial charge in [0.1, 0.15) is 12.1 Å². The van der Waals surface area contributed by atoms with Gasteiger partial charge in [0.2, 0.25) is 5.91 Å². The van der Waals surface area contributed by atoms with Crippen LogP contribution in [0.15, 0.2) is 48.5 Å². The number of ether oxygens (including phenoxy) is 2. The lowest BCUT2D eigenvalue weighted by Crippen LogP contribution is -2.60. The Kier molecular flexibility index (Phi) is 6.47. The van der Waals surface area contributed by atoms with E-state index in [2.05, 4.69) is 34.9 Å². The molecule has 5 rings (SSSR count). The normalized spacial score (nSPS) is 25.0. The summed E-state index contributed by atoms with van der Waals surface area (Å²) in [6.07, 6.45) is 1.93. The number of carbonyl (C=O) groups is 3. The van der Waals surface area contributed by atoms with E-state index in [9.17, 15) is 14.4 Å². The van der Waals surface area contributed by atoms with Crippen LogP contribution in [0.5, 0.6) is 0 Å². The van der Waals surface area contributed by atoms with Gasteiger partial charge in [0, 0.05) is 31.4 Å². The predicted octanol–water partition coefficient (Wildman–Crippen LogP) is 3.44. The molecule has 3 atom stereocenters. The van der Waals surface area contributed by atoms with Gasteiger partial charge in [0.25, 0.3) is 0 Å². The average Bonchev–Trinajstić information content (AvgIpc) is 3.56. The Labute approximate surface area is 204 Å². The van der Waals surface area contributed by atoms with Crippen LogP contribution in [-0.4, -0.2) is 54.5 Å². The highest BCUT2D eigenvalue weighted by atomic mass is 16.6. The summed E-state index contributed by atoms with van der Waals surface area (Å²) in [5, 5.41) is 14.8. The van der Waals surface area contributed by atoms with Crippen molar-refractivity contribution in [2.24, 2.45) is 5.92 Å². The van der Waals surface area contributed by atoms with E-state index in [-0.39, 0.29) is 43.4 Å². The van der Waals surface area contributed by atoms with E-state index in [4.69, 9.17) is 14.6 Å². The molecule has 3 N–H and O–H groups in total. The molecule has 2 aromatic carbocycles. The van der Waals surface area contributed by atoms with Gasteiger partial charge in [-0.15, -0.1) is 0 Å². The minimum Gasteiger partial charge on any atom is -0.481 e. The van der Waals surface area contributed by atoms with Crippen LogP contribution in [0, 0.1) is 5.92 Å². The van der Waals surface area contributed by atoms with Crippen molar-refractivity contribution in [1.29, 1.82) is 0 Å². The summed E-state index contributed by atoms with van der Waals surface area (Å²) in [4.78, 5) is 37.1. The van der Waals surface area contributed by atoms with Crippen molar-refractivity contribution in [2.45, 2.75) is 49.6 Å². The maximum atomic E-state index is 13.2. The first-order valence-corrected chi connectivity index (χ1v) is 12.2. The van der Waals surface area contributed by atoms with E-state index in [1.165, 1.54) is 0 Å². The van der Waals surface area contributed by atoms with Crippen LogP contribution in [0.1, 0.15) is 49.1 Å². The fraction of sp³-hybridized carbons (Fsp3) is 0.444. The largest absolute Gasteiger partial charge is 0.481 e. The highest BCUT2D eigenvalue weighted by Crippen LogP contribution is 2.44. The van der Waals surface area contributed by atoms with Crippen molar-refractivity contribution >= 4 is 18.0 Å². The highest BCUT2D eigenvalue weighted by molar-refractivity contribution is 5.90. The maximum Gasteiger partial charge on any atom is 0.408 e. The van der Waals surface area contributed by atoms with Crippen molar-refractivity contribution in [1.82, 2.24) is 10.6 Å². The van der Waals surface area contributed by atoms with E-state index in [0.29, 0.717) is 19.4 Å². The summed E-state index contributed by atoms with van der Waals surface area (Å²) in [7, 11) is 0. The van der Waals surface area contributed by atoms with Gasteiger partial charge in [-0.1, -0.05) is 48.5 Å². The summed E-state index contributed by atoms with van der Waals surface area (Å²) in [5.74, 6) is -1.13. The number of carboxylic acid groups (broad SMARTS) is 1. The van der Waals surface area contributed by atoms with Gasteiger partial charge in [0.15, 0.2) is 0 Å². The van der Waals surface area contributed by atoms with Gasteiger partial charge in [-0.25, -0.2) is 4.79 Å². The summed E-state index contributed by atoms with van der Waals surface area (Å²) < 4.78 is 11.1. The third-order valence-electron chi connectivity index (χ3n) is 7.48. The number of hydrogen-bond acceptors (Lipinski definition) is 5. The highest BCUT2D eigenvalue weighted by Gasteiger charge is 2.45. The molecule has 3 unspecified atom stereocenters. The smallest absolute Gasteiger partial charge is 0.408 e. The van der Waals surface area contributed by atoms with Gasteiger partial charge in [-0.3, -0.25) is 9.59 Å². The number of carboxylic acids is 1. The molecule has 2 aliphatic carbocycles. The molecule has 8 nitrogen and oxygen atoms in total. The van der Waals surface area contributed by atoms with Crippen molar-refractivity contribution in [3.8, 4) is 11.1 Å². The predicted molar refractivity (Wildman–Crippen MR) is 128 cm³/mol. The van der Waals surface area contributed by atoms with Gasteiger partial charge in [0.05, 0.1) is 6.61 Å². The summed E-state index contributed by atoms with van der Waals surface area (Å²) in [6.45, 7) is 0.607. The van der Waals surface area contributed by atoms with Crippen LogP contribution in [0.2, 0.25) is 0 Å². The second kappa shape index (κ2) is 9.70. The zero-order chi connectivity index (χ0) is 24.4. The number of aliphatic carboxylic acids is 1. The SMILES string of the molecule is O=C(O)CC1CCC(NC(=O)C2(NC(=O)OCC3c4ccccc4-c4ccccc43)CCOC2)C1. The Morgan fingerprint density at radius 3 is 2.34 bits per heavy atom. The van der Waals surface area contributed by atoms with Crippen molar-refractivity contribution in [3.63, 3.8) is 0 Å². The van der Waals surface area contributed by atoms with Gasteiger partial charge in [-0.2, -0.15) is 0 Å². The Bertz CT molecular complexity index is 1080. The van der Waals surface area contributed by atoms with Crippen LogP contribution in [-0.2, 0) is 19.1 Å². The van der Waals surface area contributed by atoms with Gasteiger partial charge >= 0.3 is 12.1 Å². The molecular weight excluding hydrogens is 448 g/mol. The molecule has 35 heavy (non-hydrogen) atoms. The van der Waals surface area contributed by atoms with E-state index in [1.807, 2.05) is 24.3 Å². The number of rotatable bonds is 7. The number of fused-ring (bicyclic) bond motifs is 3. The molecule has 0 spiro atoms. The Hall–Kier alpha value is -3.39. The first-order chi connectivity index (χ1) is 16.9. The number of alkyl carbamates (subject to hydrolysis) is 1. The molecule has 0 radical (unpaired) electrons. The molecule has 3 aliphatic rings. The molecule has 8 heteroatoms. The first kappa shape index (κ1) is 23.4. The van der Waals surface area contributed by atoms with Crippen molar-refractivity contribution < 1.29 is 29.0 Å². The quantitative estimate of drug-likeness (QED) is 0.562. The van der Waals surface area contributed by atoms with E-state index >= 15 is 0 Å². The molecule has 1 heterocycles. The zero-order valence-corrected chi connectivity index (χ0v) is 19.5. The maximum absolute atomic E-state index is 13.2. The van der Waals surface area contributed by atoms with E-state index < -0.39 is 17.6 Å². The van der Waals surface area contributed by atoms with E-state index in [1.54, 1.807) is 0 Å². The fourth-order valence-electron chi connectivity index (χ4n) is 5.69. The number of amides is 2. The molecule has 2 aromatic rings. The van der Waals surface area contributed by atoms with Crippen molar-refractivity contribution in [3.05, 3.63) is 59.7 Å². The van der Waals surface area contributed by atoms with Crippen LogP contribution >= 0.6 is 0 Å². The summed E-state index contributed by atoms with van der Waals surface area (Å²) >= 11 is 0. The molecular formula is C27H30N2O6. The minimum atomic E-state index is -1.19. The first-order valence-electron chi connectivity index (χ1n) is 12.2. The fourth-order valence-corrected chi connectivity index (χ4v) is 5.69. The third-order valence-corrected chi connectivity index (χ3v) is 7.48. The Morgan fingerprint density at radius 2 is 1.71 bits per heavy atom. The number of benzene rings is 2. The summed E-state index contributed by atoms with van der Waals surface area (Å²) in [5.41, 5.74) is 3.35. The lowest BCUT2D eigenvalue weighted by atomic mass is 9.96. The average molecular weight is 479 g/mol. The Morgan fingerprint density at radius 1 is 1.03 bits per heavy atom. The second-order valence-electron chi connectivity index (χ2n) is 9.78. The molecule has 1 saturated heterocycles. The van der Waals surface area contributed by atoms with Crippen LogP contribution in [0.4, 0.5) is 4.79 Å².